The standard InChI is InChI=1S/C16H24N4S/c1-15(2)12-20(16(11-17-15)5-3-4-6-16)10-13-9-19-7-8-21-14(19)18-13/h7-9,17H,3-6,10-12H2,1-2H3. The number of aromatic nitrogens is 2. The van der Waals surface area contributed by atoms with E-state index in [1.165, 1.54) is 31.4 Å². The summed E-state index contributed by atoms with van der Waals surface area (Å²) in [4.78, 5) is 8.61. The molecule has 1 saturated carbocycles. The van der Waals surface area contributed by atoms with Crippen molar-refractivity contribution in [2.75, 3.05) is 13.1 Å². The summed E-state index contributed by atoms with van der Waals surface area (Å²) in [7, 11) is 0. The molecule has 0 bridgehead atoms. The third-order valence-electron chi connectivity index (χ3n) is 5.18. The molecule has 0 radical (unpaired) electrons. The van der Waals surface area contributed by atoms with Gasteiger partial charge in [-0.15, -0.1) is 11.3 Å². The fraction of sp³-hybridized carbons (Fsp3) is 0.688. The Bertz CT molecular complexity index is 607. The zero-order chi connectivity index (χ0) is 14.5. The summed E-state index contributed by atoms with van der Waals surface area (Å²) in [6.45, 7) is 7.85. The fourth-order valence-corrected chi connectivity index (χ4v) is 4.73. The molecule has 1 saturated heterocycles. The number of thiazole rings is 1. The molecule has 2 aliphatic rings. The van der Waals surface area contributed by atoms with Gasteiger partial charge in [-0.3, -0.25) is 9.30 Å². The van der Waals surface area contributed by atoms with Gasteiger partial charge >= 0.3 is 0 Å². The molecule has 114 valence electrons. The molecule has 4 nitrogen and oxygen atoms in total. The zero-order valence-corrected chi connectivity index (χ0v) is 13.7. The zero-order valence-electron chi connectivity index (χ0n) is 12.9. The van der Waals surface area contributed by atoms with Crippen LogP contribution in [0.5, 0.6) is 0 Å². The molecule has 0 unspecified atom stereocenters. The Labute approximate surface area is 130 Å². The summed E-state index contributed by atoms with van der Waals surface area (Å²) in [6, 6.07) is 0. The van der Waals surface area contributed by atoms with E-state index in [9.17, 15) is 0 Å². The first-order valence-corrected chi connectivity index (χ1v) is 8.86. The minimum Gasteiger partial charge on any atom is -0.309 e. The predicted octanol–water partition coefficient (Wildman–Crippen LogP) is 2.89. The van der Waals surface area contributed by atoms with Gasteiger partial charge in [0.05, 0.1) is 5.69 Å². The highest BCUT2D eigenvalue weighted by Crippen LogP contribution is 2.39. The van der Waals surface area contributed by atoms with Crippen molar-refractivity contribution in [1.29, 1.82) is 0 Å². The van der Waals surface area contributed by atoms with Gasteiger partial charge in [-0.25, -0.2) is 4.98 Å². The molecule has 1 aliphatic carbocycles. The summed E-state index contributed by atoms with van der Waals surface area (Å²) in [5, 5.41) is 5.86. The molecule has 1 aliphatic heterocycles. The number of nitrogens with one attached hydrogen (secondary N) is 1. The Morgan fingerprint density at radius 1 is 1.33 bits per heavy atom. The van der Waals surface area contributed by atoms with E-state index in [0.29, 0.717) is 5.54 Å². The monoisotopic (exact) mass is 304 g/mol. The molecule has 2 aromatic heterocycles. The topological polar surface area (TPSA) is 32.6 Å². The van der Waals surface area contributed by atoms with Gasteiger partial charge in [0.25, 0.3) is 0 Å². The van der Waals surface area contributed by atoms with Crippen molar-refractivity contribution in [3.05, 3.63) is 23.5 Å². The second-order valence-corrected chi connectivity index (χ2v) is 8.22. The van der Waals surface area contributed by atoms with Crippen molar-refractivity contribution in [2.45, 2.75) is 57.2 Å². The van der Waals surface area contributed by atoms with Crippen LogP contribution in [-0.4, -0.2) is 38.5 Å². The molecule has 3 heterocycles. The van der Waals surface area contributed by atoms with E-state index in [2.05, 4.69) is 46.2 Å². The first-order valence-electron chi connectivity index (χ1n) is 7.98. The van der Waals surface area contributed by atoms with Crippen molar-refractivity contribution < 1.29 is 0 Å². The average molecular weight is 304 g/mol. The summed E-state index contributed by atoms with van der Waals surface area (Å²) >= 11 is 1.71. The smallest absolute Gasteiger partial charge is 0.193 e. The molecule has 5 heteroatoms. The first-order chi connectivity index (χ1) is 10.1. The SMILES string of the molecule is CC1(C)CN(Cc2cn3ccsc3n2)C2(CCCC2)CN1. The van der Waals surface area contributed by atoms with Crippen LogP contribution in [0.25, 0.3) is 4.96 Å². The summed E-state index contributed by atoms with van der Waals surface area (Å²) in [5.41, 5.74) is 1.78. The van der Waals surface area contributed by atoms with Crippen LogP contribution in [0.3, 0.4) is 0 Å². The third-order valence-corrected chi connectivity index (χ3v) is 5.95. The molecule has 1 spiro atoms. The van der Waals surface area contributed by atoms with E-state index in [1.807, 2.05) is 0 Å². The van der Waals surface area contributed by atoms with Crippen LogP contribution in [0, 0.1) is 0 Å². The lowest BCUT2D eigenvalue weighted by molar-refractivity contribution is 0.0114. The van der Waals surface area contributed by atoms with E-state index in [-0.39, 0.29) is 5.54 Å². The van der Waals surface area contributed by atoms with Crippen molar-refractivity contribution in [3.63, 3.8) is 0 Å². The van der Waals surface area contributed by atoms with Crippen LogP contribution >= 0.6 is 11.3 Å². The highest BCUT2D eigenvalue weighted by molar-refractivity contribution is 7.15. The van der Waals surface area contributed by atoms with Gasteiger partial charge in [-0.2, -0.15) is 0 Å². The number of rotatable bonds is 2. The molecule has 2 aromatic rings. The maximum Gasteiger partial charge on any atom is 0.193 e. The molecule has 4 rings (SSSR count). The second-order valence-electron chi connectivity index (χ2n) is 7.35. The van der Waals surface area contributed by atoms with Gasteiger partial charge in [-0.05, 0) is 26.7 Å². The minimum atomic E-state index is 0.199. The second kappa shape index (κ2) is 4.80. The Morgan fingerprint density at radius 2 is 2.14 bits per heavy atom. The van der Waals surface area contributed by atoms with Gasteiger partial charge in [0.2, 0.25) is 0 Å². The van der Waals surface area contributed by atoms with Gasteiger partial charge in [0.15, 0.2) is 4.96 Å². The third kappa shape index (κ3) is 2.41. The van der Waals surface area contributed by atoms with E-state index >= 15 is 0 Å². The molecule has 21 heavy (non-hydrogen) atoms. The number of fused-ring (bicyclic) bond motifs is 1. The van der Waals surface area contributed by atoms with E-state index in [4.69, 9.17) is 4.98 Å². The Kier molecular flexibility index (Phi) is 3.14. The van der Waals surface area contributed by atoms with Crippen LogP contribution in [0.1, 0.15) is 45.2 Å². The molecule has 0 amide bonds. The highest BCUT2D eigenvalue weighted by atomic mass is 32.1. The van der Waals surface area contributed by atoms with E-state index in [0.717, 1.165) is 24.6 Å². The number of nitrogens with zero attached hydrogens (tertiary/aromatic N) is 3. The van der Waals surface area contributed by atoms with Crippen molar-refractivity contribution in [1.82, 2.24) is 19.6 Å². The van der Waals surface area contributed by atoms with Crippen molar-refractivity contribution >= 4 is 16.3 Å². The quantitative estimate of drug-likeness (QED) is 0.926. The largest absolute Gasteiger partial charge is 0.309 e. The molecular formula is C16H24N4S. The normalized spacial score (nSPS) is 25.0. The van der Waals surface area contributed by atoms with Gasteiger partial charge in [-0.1, -0.05) is 12.8 Å². The van der Waals surface area contributed by atoms with Gasteiger partial charge in [0, 0.05) is 48.5 Å². The lowest BCUT2D eigenvalue weighted by Gasteiger charge is -2.51. The minimum absolute atomic E-state index is 0.199. The molecule has 0 aromatic carbocycles. The maximum absolute atomic E-state index is 4.79. The van der Waals surface area contributed by atoms with Crippen LogP contribution in [0.2, 0.25) is 0 Å². The van der Waals surface area contributed by atoms with Crippen LogP contribution < -0.4 is 5.32 Å². The molecule has 1 N–H and O–H groups in total. The average Bonchev–Trinajstić information content (AvgIpc) is 3.10. The predicted molar refractivity (Wildman–Crippen MR) is 86.8 cm³/mol. The van der Waals surface area contributed by atoms with E-state index < -0.39 is 0 Å². The van der Waals surface area contributed by atoms with Crippen molar-refractivity contribution in [3.8, 4) is 0 Å². The molecule has 0 atom stereocenters. The number of piperazine rings is 1. The number of hydrogen-bond donors (Lipinski definition) is 1. The van der Waals surface area contributed by atoms with Crippen molar-refractivity contribution in [2.24, 2.45) is 0 Å². The first kappa shape index (κ1) is 13.7. The van der Waals surface area contributed by atoms with Gasteiger partial charge < -0.3 is 5.32 Å². The Hall–Kier alpha value is -0.910. The Morgan fingerprint density at radius 3 is 2.90 bits per heavy atom. The maximum atomic E-state index is 4.79. The lowest BCUT2D eigenvalue weighted by atomic mass is 9.87. The summed E-state index contributed by atoms with van der Waals surface area (Å²) in [6.07, 6.45) is 9.71. The molecular weight excluding hydrogens is 280 g/mol. The number of hydrogen-bond acceptors (Lipinski definition) is 4. The van der Waals surface area contributed by atoms with Crippen LogP contribution in [0.4, 0.5) is 0 Å². The Balaban J connectivity index is 1.61. The summed E-state index contributed by atoms with van der Waals surface area (Å²) < 4.78 is 2.15. The van der Waals surface area contributed by atoms with Gasteiger partial charge in [0.1, 0.15) is 0 Å². The van der Waals surface area contributed by atoms with Crippen LogP contribution in [-0.2, 0) is 6.54 Å². The molecule has 2 fully saturated rings. The van der Waals surface area contributed by atoms with Crippen LogP contribution in [0.15, 0.2) is 17.8 Å². The lowest BCUT2D eigenvalue weighted by Crippen LogP contribution is -2.67. The summed E-state index contributed by atoms with van der Waals surface area (Å²) in [5.74, 6) is 0. The fourth-order valence-electron chi connectivity index (χ4n) is 4.01. The highest BCUT2D eigenvalue weighted by Gasteiger charge is 2.45. The van der Waals surface area contributed by atoms with E-state index in [1.54, 1.807) is 11.3 Å². The number of imidazole rings is 1.